The van der Waals surface area contributed by atoms with Crippen LogP contribution in [0.5, 0.6) is 5.75 Å². The van der Waals surface area contributed by atoms with Crippen molar-refractivity contribution in [1.82, 2.24) is 0 Å². The molecule has 0 aliphatic carbocycles. The minimum absolute atomic E-state index is 0.428. The van der Waals surface area contributed by atoms with Gasteiger partial charge in [-0.3, -0.25) is 0 Å². The molecule has 1 aliphatic heterocycles. The third kappa shape index (κ3) is 2.54. The largest absolute Gasteiger partial charge is 0.495 e. The number of benzene rings is 1. The third-order valence-corrected chi connectivity index (χ3v) is 3.56. The van der Waals surface area contributed by atoms with E-state index in [1.54, 1.807) is 24.3 Å². The number of hydrogen-bond donors (Lipinski definition) is 2. The van der Waals surface area contributed by atoms with Gasteiger partial charge in [0, 0.05) is 0 Å². The molecule has 1 aliphatic rings. The zero-order valence-electron chi connectivity index (χ0n) is 11.2. The lowest BCUT2D eigenvalue weighted by molar-refractivity contribution is -0.142. The number of para-hydroxylation sites is 2. The summed E-state index contributed by atoms with van der Waals surface area (Å²) in [5, 5.41) is 18.7. The molecule has 0 aromatic heterocycles. The van der Waals surface area contributed by atoms with Gasteiger partial charge in [0.05, 0.1) is 12.8 Å². The Morgan fingerprint density at radius 2 is 1.70 bits per heavy atom. The average molecular weight is 279 g/mol. The second kappa shape index (κ2) is 5.81. The number of methoxy groups -OCH3 is 1. The highest BCUT2D eigenvalue weighted by Gasteiger charge is 2.39. The number of carboxylic acids is 2. The number of piperidine rings is 1. The molecule has 1 heterocycles. The fourth-order valence-corrected chi connectivity index (χ4v) is 2.66. The van der Waals surface area contributed by atoms with Gasteiger partial charge >= 0.3 is 11.9 Å². The number of rotatable bonds is 4. The van der Waals surface area contributed by atoms with Crippen LogP contribution in [0, 0.1) is 0 Å². The Bertz CT molecular complexity index is 494. The lowest BCUT2D eigenvalue weighted by Gasteiger charge is -2.40. The summed E-state index contributed by atoms with van der Waals surface area (Å²) in [7, 11) is 1.48. The molecule has 0 amide bonds. The molecule has 1 aromatic rings. The lowest BCUT2D eigenvalue weighted by atomic mass is 9.94. The van der Waals surface area contributed by atoms with Crippen LogP contribution >= 0.6 is 0 Å². The van der Waals surface area contributed by atoms with Gasteiger partial charge in [0.2, 0.25) is 0 Å². The van der Waals surface area contributed by atoms with E-state index < -0.39 is 24.0 Å². The second-order valence-electron chi connectivity index (χ2n) is 4.72. The Balaban J connectivity index is 2.49. The summed E-state index contributed by atoms with van der Waals surface area (Å²) in [4.78, 5) is 24.3. The summed E-state index contributed by atoms with van der Waals surface area (Å²) in [6.07, 6.45) is 1.44. The van der Waals surface area contributed by atoms with E-state index in [1.165, 1.54) is 12.0 Å². The fraction of sp³-hybridized carbons (Fsp3) is 0.429. The van der Waals surface area contributed by atoms with Gasteiger partial charge in [0.1, 0.15) is 17.8 Å². The van der Waals surface area contributed by atoms with E-state index in [2.05, 4.69) is 0 Å². The van der Waals surface area contributed by atoms with Crippen molar-refractivity contribution in [2.75, 3.05) is 12.0 Å². The Kier molecular flexibility index (Phi) is 4.12. The van der Waals surface area contributed by atoms with Crippen LogP contribution in [0.25, 0.3) is 0 Å². The van der Waals surface area contributed by atoms with Crippen molar-refractivity contribution in [2.45, 2.75) is 31.3 Å². The lowest BCUT2D eigenvalue weighted by Crippen LogP contribution is -2.54. The summed E-state index contributed by atoms with van der Waals surface area (Å²) in [6, 6.07) is 5.20. The maximum absolute atomic E-state index is 11.4. The average Bonchev–Trinajstić information content (AvgIpc) is 2.46. The van der Waals surface area contributed by atoms with E-state index in [4.69, 9.17) is 4.74 Å². The highest BCUT2D eigenvalue weighted by atomic mass is 16.5. The van der Waals surface area contributed by atoms with Gasteiger partial charge in [-0.2, -0.15) is 0 Å². The summed E-state index contributed by atoms with van der Waals surface area (Å²) >= 11 is 0. The van der Waals surface area contributed by atoms with Crippen LogP contribution in [0.15, 0.2) is 24.3 Å². The standard InChI is InChI=1S/C14H17NO5/c1-20-12-8-3-2-5-9(12)15-10(13(16)17)6-4-7-11(15)14(18)19/h2-3,5,8,10-11H,4,6-7H2,1H3,(H,16,17)(H,18,19). The summed E-state index contributed by atoms with van der Waals surface area (Å²) < 4.78 is 5.23. The predicted octanol–water partition coefficient (Wildman–Crippen LogP) is 1.59. The number of hydrogen-bond acceptors (Lipinski definition) is 4. The van der Waals surface area contributed by atoms with Crippen molar-refractivity contribution in [2.24, 2.45) is 0 Å². The van der Waals surface area contributed by atoms with Gasteiger partial charge in [0.15, 0.2) is 0 Å². The molecule has 1 aromatic carbocycles. The van der Waals surface area contributed by atoms with E-state index in [-0.39, 0.29) is 0 Å². The Morgan fingerprint density at radius 3 is 2.20 bits per heavy atom. The number of ether oxygens (including phenoxy) is 1. The van der Waals surface area contributed by atoms with Gasteiger partial charge < -0.3 is 19.8 Å². The molecule has 6 nitrogen and oxygen atoms in total. The van der Waals surface area contributed by atoms with Crippen molar-refractivity contribution < 1.29 is 24.5 Å². The van der Waals surface area contributed by atoms with Crippen molar-refractivity contribution in [3.63, 3.8) is 0 Å². The van der Waals surface area contributed by atoms with Crippen LogP contribution in [0.4, 0.5) is 5.69 Å². The van der Waals surface area contributed by atoms with E-state index in [0.717, 1.165) is 0 Å². The minimum atomic E-state index is -1.01. The number of anilines is 1. The first kappa shape index (κ1) is 14.2. The molecule has 1 fully saturated rings. The van der Waals surface area contributed by atoms with Gasteiger partial charge in [-0.25, -0.2) is 9.59 Å². The predicted molar refractivity (Wildman–Crippen MR) is 72.2 cm³/mol. The maximum Gasteiger partial charge on any atom is 0.326 e. The summed E-state index contributed by atoms with van der Waals surface area (Å²) in [6.45, 7) is 0. The second-order valence-corrected chi connectivity index (χ2v) is 4.72. The number of carbonyl (C=O) groups is 2. The number of nitrogens with zero attached hydrogens (tertiary/aromatic N) is 1. The van der Waals surface area contributed by atoms with E-state index >= 15 is 0 Å². The molecular formula is C14H17NO5. The molecule has 2 rings (SSSR count). The smallest absolute Gasteiger partial charge is 0.326 e. The first-order valence-corrected chi connectivity index (χ1v) is 6.43. The van der Waals surface area contributed by atoms with Gasteiger partial charge in [-0.1, -0.05) is 12.1 Å². The Labute approximate surface area is 116 Å². The molecule has 2 N–H and O–H groups in total. The van der Waals surface area contributed by atoms with Crippen LogP contribution in [0.3, 0.4) is 0 Å². The minimum Gasteiger partial charge on any atom is -0.495 e. The number of aliphatic carboxylic acids is 2. The molecule has 108 valence electrons. The highest BCUT2D eigenvalue weighted by molar-refractivity contribution is 5.86. The van der Waals surface area contributed by atoms with Crippen LogP contribution in [0.1, 0.15) is 19.3 Å². The van der Waals surface area contributed by atoms with E-state index in [1.807, 2.05) is 0 Å². The van der Waals surface area contributed by atoms with Crippen molar-refractivity contribution in [3.8, 4) is 5.75 Å². The molecule has 0 spiro atoms. The quantitative estimate of drug-likeness (QED) is 0.870. The molecule has 6 heteroatoms. The molecule has 2 atom stereocenters. The molecule has 0 saturated carbocycles. The zero-order chi connectivity index (χ0) is 14.7. The van der Waals surface area contributed by atoms with Gasteiger partial charge in [-0.15, -0.1) is 0 Å². The van der Waals surface area contributed by atoms with Gasteiger partial charge in [-0.05, 0) is 31.4 Å². The Morgan fingerprint density at radius 1 is 1.15 bits per heavy atom. The monoisotopic (exact) mass is 279 g/mol. The van der Waals surface area contributed by atoms with Crippen LogP contribution in [-0.4, -0.2) is 41.3 Å². The molecule has 1 saturated heterocycles. The van der Waals surface area contributed by atoms with Crippen molar-refractivity contribution in [3.05, 3.63) is 24.3 Å². The Hall–Kier alpha value is -2.24. The number of carboxylic acid groups (broad SMARTS) is 2. The SMILES string of the molecule is COc1ccccc1N1C(C(=O)O)CCCC1C(=O)O. The van der Waals surface area contributed by atoms with Crippen LogP contribution in [-0.2, 0) is 9.59 Å². The van der Waals surface area contributed by atoms with E-state index in [9.17, 15) is 19.8 Å². The van der Waals surface area contributed by atoms with Crippen molar-refractivity contribution >= 4 is 17.6 Å². The molecule has 0 bridgehead atoms. The normalized spacial score (nSPS) is 22.4. The zero-order valence-corrected chi connectivity index (χ0v) is 11.2. The molecule has 20 heavy (non-hydrogen) atoms. The van der Waals surface area contributed by atoms with E-state index in [0.29, 0.717) is 30.7 Å². The molecule has 2 unspecified atom stereocenters. The molecule has 0 radical (unpaired) electrons. The highest BCUT2D eigenvalue weighted by Crippen LogP contribution is 2.35. The topological polar surface area (TPSA) is 87.1 Å². The van der Waals surface area contributed by atoms with Crippen LogP contribution < -0.4 is 9.64 Å². The summed E-state index contributed by atoms with van der Waals surface area (Å²) in [5.74, 6) is -1.55. The fourth-order valence-electron chi connectivity index (χ4n) is 2.66. The third-order valence-electron chi connectivity index (χ3n) is 3.56. The first-order chi connectivity index (χ1) is 9.56. The van der Waals surface area contributed by atoms with Crippen molar-refractivity contribution in [1.29, 1.82) is 0 Å². The first-order valence-electron chi connectivity index (χ1n) is 6.43. The van der Waals surface area contributed by atoms with Gasteiger partial charge in [0.25, 0.3) is 0 Å². The molecular weight excluding hydrogens is 262 g/mol. The van der Waals surface area contributed by atoms with Crippen LogP contribution in [0.2, 0.25) is 0 Å². The maximum atomic E-state index is 11.4. The summed E-state index contributed by atoms with van der Waals surface area (Å²) in [5.41, 5.74) is 0.509.